The van der Waals surface area contributed by atoms with Crippen LogP contribution in [0.1, 0.15) is 12.5 Å². The molecule has 146 valence electrons. The maximum Gasteiger partial charge on any atom is 0.243 e. The minimum atomic E-state index is -3.52. The molecule has 6 nitrogen and oxygen atoms in total. The molecule has 0 amide bonds. The Balaban J connectivity index is 1.74. The predicted octanol–water partition coefficient (Wildman–Crippen LogP) is 2.91. The number of aryl methyl sites for hydroxylation is 1. The third kappa shape index (κ3) is 4.04. The molecule has 0 saturated carbocycles. The van der Waals surface area contributed by atoms with Crippen molar-refractivity contribution < 1.29 is 17.9 Å². The zero-order chi connectivity index (χ0) is 19.4. The summed E-state index contributed by atoms with van der Waals surface area (Å²) in [5.41, 5.74) is 1.82. The Morgan fingerprint density at radius 3 is 2.33 bits per heavy atom. The van der Waals surface area contributed by atoms with Crippen molar-refractivity contribution in [3.8, 4) is 11.5 Å². The van der Waals surface area contributed by atoms with Crippen LogP contribution in [0.3, 0.4) is 0 Å². The Labute approximate surface area is 161 Å². The summed E-state index contributed by atoms with van der Waals surface area (Å²) >= 11 is 0. The number of sulfonamides is 1. The minimum Gasteiger partial charge on any atom is -0.496 e. The van der Waals surface area contributed by atoms with E-state index in [1.165, 1.54) is 0 Å². The topological polar surface area (TPSA) is 59.1 Å². The fraction of sp³-hybridized carbons (Fsp3) is 0.400. The molecule has 1 saturated heterocycles. The van der Waals surface area contributed by atoms with E-state index in [0.29, 0.717) is 43.4 Å². The van der Waals surface area contributed by atoms with E-state index in [1.54, 1.807) is 29.6 Å². The highest BCUT2D eigenvalue weighted by atomic mass is 32.2. The van der Waals surface area contributed by atoms with Gasteiger partial charge < -0.3 is 14.4 Å². The van der Waals surface area contributed by atoms with Crippen LogP contribution in [0, 0.1) is 6.92 Å². The Bertz CT molecular complexity index is 891. The number of methoxy groups -OCH3 is 1. The van der Waals surface area contributed by atoms with Crippen molar-refractivity contribution in [1.82, 2.24) is 4.31 Å². The van der Waals surface area contributed by atoms with Crippen LogP contribution < -0.4 is 14.4 Å². The number of benzene rings is 2. The molecular weight excluding hydrogens is 364 g/mol. The van der Waals surface area contributed by atoms with Gasteiger partial charge in [-0.15, -0.1) is 0 Å². The van der Waals surface area contributed by atoms with Gasteiger partial charge in [0.25, 0.3) is 0 Å². The van der Waals surface area contributed by atoms with Gasteiger partial charge in [-0.2, -0.15) is 4.31 Å². The first kappa shape index (κ1) is 19.5. The molecule has 0 bridgehead atoms. The van der Waals surface area contributed by atoms with Crippen molar-refractivity contribution in [1.29, 1.82) is 0 Å². The molecular formula is C20H26N2O4S. The van der Waals surface area contributed by atoms with Crippen LogP contribution in [0.5, 0.6) is 11.5 Å². The average molecular weight is 391 g/mol. The summed E-state index contributed by atoms with van der Waals surface area (Å²) in [6, 6.07) is 12.9. The quantitative estimate of drug-likeness (QED) is 0.759. The summed E-state index contributed by atoms with van der Waals surface area (Å²) in [4.78, 5) is 2.49. The van der Waals surface area contributed by atoms with Crippen molar-refractivity contribution in [2.45, 2.75) is 18.7 Å². The standard InChI is InChI=1S/C20H26N2O4S/c1-4-26-20-8-6-5-7-18(20)21-11-13-22(14-12-21)27(23,24)17-9-10-19(25-3)16(2)15-17/h5-10,15H,4,11-14H2,1-3H3. The minimum absolute atomic E-state index is 0.309. The van der Waals surface area contributed by atoms with E-state index in [1.807, 2.05) is 38.1 Å². The van der Waals surface area contributed by atoms with Gasteiger partial charge in [0, 0.05) is 26.2 Å². The fourth-order valence-electron chi connectivity index (χ4n) is 3.33. The monoisotopic (exact) mass is 390 g/mol. The van der Waals surface area contributed by atoms with Crippen LogP contribution in [0.15, 0.2) is 47.4 Å². The number of nitrogens with zero attached hydrogens (tertiary/aromatic N) is 2. The van der Waals surface area contributed by atoms with Crippen molar-refractivity contribution in [3.63, 3.8) is 0 Å². The SMILES string of the molecule is CCOc1ccccc1N1CCN(S(=O)(=O)c2ccc(OC)c(C)c2)CC1. The van der Waals surface area contributed by atoms with Crippen LogP contribution >= 0.6 is 0 Å². The summed E-state index contributed by atoms with van der Waals surface area (Å²) in [5.74, 6) is 1.52. The van der Waals surface area contributed by atoms with E-state index in [-0.39, 0.29) is 0 Å². The van der Waals surface area contributed by atoms with Gasteiger partial charge in [-0.1, -0.05) is 12.1 Å². The first-order valence-corrected chi connectivity index (χ1v) is 10.5. The Morgan fingerprint density at radius 1 is 1.00 bits per heavy atom. The summed E-state index contributed by atoms with van der Waals surface area (Å²) in [5, 5.41) is 0. The second-order valence-electron chi connectivity index (χ2n) is 6.42. The second-order valence-corrected chi connectivity index (χ2v) is 8.36. The molecule has 0 radical (unpaired) electrons. The van der Waals surface area contributed by atoms with Gasteiger partial charge >= 0.3 is 0 Å². The van der Waals surface area contributed by atoms with Crippen LogP contribution in [0.2, 0.25) is 0 Å². The first-order valence-electron chi connectivity index (χ1n) is 9.09. The Morgan fingerprint density at radius 2 is 1.70 bits per heavy atom. The molecule has 0 atom stereocenters. The predicted molar refractivity (Wildman–Crippen MR) is 106 cm³/mol. The maximum atomic E-state index is 13.0. The summed E-state index contributed by atoms with van der Waals surface area (Å²) in [6.07, 6.45) is 0. The average Bonchev–Trinajstić information content (AvgIpc) is 2.69. The zero-order valence-electron chi connectivity index (χ0n) is 16.0. The van der Waals surface area contributed by atoms with Crippen molar-refractivity contribution >= 4 is 15.7 Å². The van der Waals surface area contributed by atoms with Crippen molar-refractivity contribution in [2.24, 2.45) is 0 Å². The van der Waals surface area contributed by atoms with Gasteiger partial charge in [-0.25, -0.2) is 8.42 Å². The van der Waals surface area contributed by atoms with Gasteiger partial charge in [0.1, 0.15) is 11.5 Å². The van der Waals surface area contributed by atoms with Crippen LogP contribution in [-0.2, 0) is 10.0 Å². The molecule has 0 aliphatic carbocycles. The van der Waals surface area contributed by atoms with Gasteiger partial charge in [0.15, 0.2) is 0 Å². The van der Waals surface area contributed by atoms with Gasteiger partial charge in [-0.3, -0.25) is 0 Å². The zero-order valence-corrected chi connectivity index (χ0v) is 16.8. The molecule has 0 spiro atoms. The van der Waals surface area contributed by atoms with E-state index in [9.17, 15) is 8.42 Å². The summed E-state index contributed by atoms with van der Waals surface area (Å²) in [7, 11) is -1.94. The number of hydrogen-bond acceptors (Lipinski definition) is 5. The molecule has 0 aromatic heterocycles. The van der Waals surface area contributed by atoms with Crippen molar-refractivity contribution in [2.75, 3.05) is 44.8 Å². The lowest BCUT2D eigenvalue weighted by atomic mass is 10.2. The van der Waals surface area contributed by atoms with Crippen LogP contribution in [0.25, 0.3) is 0 Å². The van der Waals surface area contributed by atoms with Crippen molar-refractivity contribution in [3.05, 3.63) is 48.0 Å². The number of piperazine rings is 1. The van der Waals surface area contributed by atoms with Gasteiger partial charge in [0.05, 0.1) is 24.3 Å². The number of rotatable bonds is 6. The summed E-state index contributed by atoms with van der Waals surface area (Å²) < 4.78 is 38.5. The molecule has 7 heteroatoms. The van der Waals surface area contributed by atoms with Gasteiger partial charge in [-0.05, 0) is 49.7 Å². The number of anilines is 1. The molecule has 2 aromatic carbocycles. The highest BCUT2D eigenvalue weighted by Crippen LogP contribution is 2.30. The first-order chi connectivity index (χ1) is 13.0. The molecule has 3 rings (SSSR count). The van der Waals surface area contributed by atoms with E-state index in [2.05, 4.69) is 4.90 Å². The molecule has 0 N–H and O–H groups in total. The molecule has 2 aromatic rings. The van der Waals surface area contributed by atoms with E-state index in [0.717, 1.165) is 17.0 Å². The normalized spacial score (nSPS) is 15.6. The van der Waals surface area contributed by atoms with E-state index < -0.39 is 10.0 Å². The molecule has 1 heterocycles. The summed E-state index contributed by atoms with van der Waals surface area (Å²) in [6.45, 7) is 6.53. The highest BCUT2D eigenvalue weighted by molar-refractivity contribution is 7.89. The lowest BCUT2D eigenvalue weighted by Crippen LogP contribution is -2.48. The number of ether oxygens (including phenoxy) is 2. The Hall–Kier alpha value is -2.25. The fourth-order valence-corrected chi connectivity index (χ4v) is 4.83. The lowest BCUT2D eigenvalue weighted by molar-refractivity contribution is 0.337. The largest absolute Gasteiger partial charge is 0.496 e. The molecule has 0 unspecified atom stereocenters. The number of hydrogen-bond donors (Lipinski definition) is 0. The van der Waals surface area contributed by atoms with Crippen LogP contribution in [-0.4, -0.2) is 52.6 Å². The van der Waals surface area contributed by atoms with Crippen LogP contribution in [0.4, 0.5) is 5.69 Å². The molecule has 27 heavy (non-hydrogen) atoms. The molecule has 1 aliphatic heterocycles. The third-order valence-electron chi connectivity index (χ3n) is 4.75. The van der Waals surface area contributed by atoms with E-state index in [4.69, 9.17) is 9.47 Å². The third-order valence-corrected chi connectivity index (χ3v) is 6.64. The molecule has 1 fully saturated rings. The second kappa shape index (κ2) is 8.19. The highest BCUT2D eigenvalue weighted by Gasteiger charge is 2.29. The smallest absolute Gasteiger partial charge is 0.243 e. The maximum absolute atomic E-state index is 13.0. The number of para-hydroxylation sites is 2. The van der Waals surface area contributed by atoms with Gasteiger partial charge in [0.2, 0.25) is 10.0 Å². The Kier molecular flexibility index (Phi) is 5.92. The molecule has 1 aliphatic rings. The lowest BCUT2D eigenvalue weighted by Gasteiger charge is -2.36. The van der Waals surface area contributed by atoms with E-state index >= 15 is 0 Å².